The minimum atomic E-state index is 0.241. The highest BCUT2D eigenvalue weighted by molar-refractivity contribution is 5.30. The Bertz CT molecular complexity index is 327. The van der Waals surface area contributed by atoms with E-state index >= 15 is 0 Å². The van der Waals surface area contributed by atoms with Crippen LogP contribution in [-0.4, -0.2) is 18.3 Å². The highest BCUT2D eigenvalue weighted by Gasteiger charge is 2.24. The van der Waals surface area contributed by atoms with Gasteiger partial charge in [-0.2, -0.15) is 0 Å². The van der Waals surface area contributed by atoms with Crippen LogP contribution in [0.1, 0.15) is 49.3 Å². The zero-order chi connectivity index (χ0) is 11.4. The Morgan fingerprint density at radius 1 is 1.44 bits per heavy atom. The Morgan fingerprint density at radius 2 is 2.25 bits per heavy atom. The molecule has 2 heteroatoms. The van der Waals surface area contributed by atoms with Crippen molar-refractivity contribution in [2.45, 2.75) is 38.1 Å². The molecule has 1 aliphatic rings. The van der Waals surface area contributed by atoms with E-state index < -0.39 is 0 Å². The highest BCUT2D eigenvalue weighted by Crippen LogP contribution is 2.40. The smallest absolute Gasteiger partial charge is 0.0449 e. The average Bonchev–Trinajstić information content (AvgIpc) is 3.13. The Balaban J connectivity index is 2.12. The molecule has 0 saturated heterocycles. The van der Waals surface area contributed by atoms with Gasteiger partial charge in [-0.1, -0.05) is 31.2 Å². The van der Waals surface area contributed by atoms with Crippen LogP contribution in [0, 0.1) is 0 Å². The lowest BCUT2D eigenvalue weighted by Crippen LogP contribution is -2.21. The van der Waals surface area contributed by atoms with Crippen LogP contribution >= 0.6 is 0 Å². The van der Waals surface area contributed by atoms with Gasteiger partial charge in [-0.3, -0.25) is 0 Å². The molecule has 2 nitrogen and oxygen atoms in total. The normalized spacial score (nSPS) is 17.4. The van der Waals surface area contributed by atoms with E-state index in [1.807, 2.05) is 0 Å². The maximum Gasteiger partial charge on any atom is 0.0449 e. The first-order chi connectivity index (χ1) is 7.85. The zero-order valence-corrected chi connectivity index (χ0v) is 9.95. The van der Waals surface area contributed by atoms with E-state index in [1.165, 1.54) is 24.0 Å². The van der Waals surface area contributed by atoms with E-state index in [2.05, 4.69) is 36.5 Å². The third kappa shape index (κ3) is 2.83. The van der Waals surface area contributed by atoms with E-state index in [-0.39, 0.29) is 6.61 Å². The van der Waals surface area contributed by atoms with E-state index in [0.717, 1.165) is 18.9 Å². The van der Waals surface area contributed by atoms with Crippen LogP contribution in [0.25, 0.3) is 0 Å². The summed E-state index contributed by atoms with van der Waals surface area (Å²) in [5.41, 5.74) is 2.79. The van der Waals surface area contributed by atoms with Crippen LogP contribution in [0.5, 0.6) is 0 Å². The molecule has 0 aliphatic heterocycles. The molecule has 1 aromatic rings. The van der Waals surface area contributed by atoms with Crippen molar-refractivity contribution in [2.75, 3.05) is 13.2 Å². The molecule has 0 heterocycles. The summed E-state index contributed by atoms with van der Waals surface area (Å²) in [7, 11) is 0. The van der Waals surface area contributed by atoms with Crippen LogP contribution in [0.15, 0.2) is 24.3 Å². The first-order valence-electron chi connectivity index (χ1n) is 6.29. The van der Waals surface area contributed by atoms with Gasteiger partial charge in [0, 0.05) is 12.6 Å². The van der Waals surface area contributed by atoms with Gasteiger partial charge >= 0.3 is 0 Å². The molecule has 0 radical (unpaired) electrons. The summed E-state index contributed by atoms with van der Waals surface area (Å²) >= 11 is 0. The van der Waals surface area contributed by atoms with E-state index in [0.29, 0.717) is 6.04 Å². The quantitative estimate of drug-likeness (QED) is 0.771. The summed E-state index contributed by atoms with van der Waals surface area (Å²) in [5, 5.41) is 12.5. The van der Waals surface area contributed by atoms with Crippen LogP contribution in [-0.2, 0) is 0 Å². The number of aliphatic hydroxyl groups is 1. The minimum Gasteiger partial charge on any atom is -0.396 e. The van der Waals surface area contributed by atoms with Crippen molar-refractivity contribution in [3.8, 4) is 0 Å². The number of hydrogen-bond acceptors (Lipinski definition) is 2. The number of aliphatic hydroxyl groups excluding tert-OH is 1. The van der Waals surface area contributed by atoms with Crippen LogP contribution in [0.3, 0.4) is 0 Å². The van der Waals surface area contributed by atoms with Gasteiger partial charge in [0.25, 0.3) is 0 Å². The third-order valence-electron chi connectivity index (χ3n) is 3.23. The number of hydrogen-bond donors (Lipinski definition) is 2. The second-order valence-electron chi connectivity index (χ2n) is 4.57. The molecule has 1 aliphatic carbocycles. The summed E-state index contributed by atoms with van der Waals surface area (Å²) in [6.45, 7) is 3.29. The maximum atomic E-state index is 9.08. The largest absolute Gasteiger partial charge is 0.396 e. The van der Waals surface area contributed by atoms with Crippen molar-refractivity contribution < 1.29 is 5.11 Å². The van der Waals surface area contributed by atoms with E-state index in [1.54, 1.807) is 0 Å². The topological polar surface area (TPSA) is 32.3 Å². The van der Waals surface area contributed by atoms with E-state index in [4.69, 9.17) is 5.11 Å². The van der Waals surface area contributed by atoms with Crippen LogP contribution < -0.4 is 5.32 Å². The van der Waals surface area contributed by atoms with Crippen molar-refractivity contribution in [3.05, 3.63) is 35.4 Å². The van der Waals surface area contributed by atoms with Gasteiger partial charge in [-0.25, -0.2) is 0 Å². The SMILES string of the molecule is CCNC(CCO)c1cccc(C2CC2)c1. The zero-order valence-electron chi connectivity index (χ0n) is 9.95. The Kier molecular flexibility index (Phi) is 3.97. The summed E-state index contributed by atoms with van der Waals surface area (Å²) in [4.78, 5) is 0. The van der Waals surface area contributed by atoms with Crippen molar-refractivity contribution in [3.63, 3.8) is 0 Å². The number of nitrogens with one attached hydrogen (secondary N) is 1. The molecule has 1 fully saturated rings. The van der Waals surface area contributed by atoms with Crippen LogP contribution in [0.4, 0.5) is 0 Å². The van der Waals surface area contributed by atoms with Gasteiger partial charge in [0.15, 0.2) is 0 Å². The summed E-state index contributed by atoms with van der Waals surface area (Å²) in [6.07, 6.45) is 3.48. The molecule has 1 atom stereocenters. The molecule has 16 heavy (non-hydrogen) atoms. The molecular formula is C14H21NO. The fourth-order valence-corrected chi connectivity index (χ4v) is 2.21. The standard InChI is InChI=1S/C14H21NO/c1-2-15-14(8-9-16)13-5-3-4-12(10-13)11-6-7-11/h3-5,10-11,14-16H,2,6-9H2,1H3. The number of benzene rings is 1. The first-order valence-corrected chi connectivity index (χ1v) is 6.29. The number of rotatable bonds is 6. The molecular weight excluding hydrogens is 198 g/mol. The molecule has 0 aromatic heterocycles. The van der Waals surface area contributed by atoms with Gasteiger partial charge in [0.1, 0.15) is 0 Å². The maximum absolute atomic E-state index is 9.08. The Morgan fingerprint density at radius 3 is 2.88 bits per heavy atom. The van der Waals surface area contributed by atoms with Crippen molar-refractivity contribution in [1.82, 2.24) is 5.32 Å². The molecule has 0 bridgehead atoms. The predicted molar refractivity (Wildman–Crippen MR) is 66.5 cm³/mol. The first kappa shape index (κ1) is 11.6. The molecule has 1 saturated carbocycles. The Labute approximate surface area is 97.7 Å². The van der Waals surface area contributed by atoms with Gasteiger partial charge in [0.05, 0.1) is 0 Å². The molecule has 0 spiro atoms. The fourth-order valence-electron chi connectivity index (χ4n) is 2.21. The fraction of sp³-hybridized carbons (Fsp3) is 0.571. The van der Waals surface area contributed by atoms with Gasteiger partial charge in [0.2, 0.25) is 0 Å². The molecule has 0 amide bonds. The highest BCUT2D eigenvalue weighted by atomic mass is 16.3. The monoisotopic (exact) mass is 219 g/mol. The molecule has 2 rings (SSSR count). The predicted octanol–water partition coefficient (Wildman–Crippen LogP) is 2.60. The lowest BCUT2D eigenvalue weighted by molar-refractivity contribution is 0.266. The molecule has 1 aromatic carbocycles. The molecule has 1 unspecified atom stereocenters. The second kappa shape index (κ2) is 5.46. The van der Waals surface area contributed by atoms with Crippen molar-refractivity contribution in [1.29, 1.82) is 0 Å². The Hall–Kier alpha value is -0.860. The molecule has 2 N–H and O–H groups in total. The average molecular weight is 219 g/mol. The lowest BCUT2D eigenvalue weighted by atomic mass is 10.00. The third-order valence-corrected chi connectivity index (χ3v) is 3.23. The van der Waals surface area contributed by atoms with E-state index in [9.17, 15) is 0 Å². The minimum absolute atomic E-state index is 0.241. The van der Waals surface area contributed by atoms with Crippen molar-refractivity contribution >= 4 is 0 Å². The molecule has 88 valence electrons. The lowest BCUT2D eigenvalue weighted by Gasteiger charge is -2.18. The summed E-state index contributed by atoms with van der Waals surface area (Å²) in [5.74, 6) is 0.802. The van der Waals surface area contributed by atoms with Gasteiger partial charge in [-0.15, -0.1) is 0 Å². The van der Waals surface area contributed by atoms with Crippen molar-refractivity contribution in [2.24, 2.45) is 0 Å². The van der Waals surface area contributed by atoms with Gasteiger partial charge < -0.3 is 10.4 Å². The summed E-state index contributed by atoms with van der Waals surface area (Å²) < 4.78 is 0. The van der Waals surface area contributed by atoms with Crippen LogP contribution in [0.2, 0.25) is 0 Å². The second-order valence-corrected chi connectivity index (χ2v) is 4.57. The summed E-state index contributed by atoms with van der Waals surface area (Å²) in [6, 6.07) is 9.14. The van der Waals surface area contributed by atoms with Gasteiger partial charge in [-0.05, 0) is 42.9 Å².